The van der Waals surface area contributed by atoms with Crippen LogP contribution in [0.1, 0.15) is 11.1 Å². The number of benzene rings is 2. The molecule has 2 atom stereocenters. The van der Waals surface area contributed by atoms with Gasteiger partial charge in [0.25, 0.3) is 0 Å². The van der Waals surface area contributed by atoms with Crippen LogP contribution in [0.15, 0.2) is 60.7 Å². The van der Waals surface area contributed by atoms with E-state index in [1.807, 2.05) is 0 Å². The third kappa shape index (κ3) is 4.93. The molecule has 2 rings (SSSR count). The lowest BCUT2D eigenvalue weighted by atomic mass is 9.84. The largest absolute Gasteiger partial charge is 0.479 e. The molecule has 0 aliphatic carbocycles. The van der Waals surface area contributed by atoms with Crippen LogP contribution in [-0.4, -0.2) is 35.1 Å². The molecule has 0 aromatic heterocycles. The Bertz CT molecular complexity index is 812. The number of carboxylic acid groups (broad SMARTS) is 1. The zero-order chi connectivity index (χ0) is 20.6. The third-order valence-corrected chi connectivity index (χ3v) is 4.20. The van der Waals surface area contributed by atoms with E-state index in [9.17, 15) is 19.5 Å². The van der Waals surface area contributed by atoms with E-state index in [0.717, 1.165) is 0 Å². The van der Waals surface area contributed by atoms with Crippen LogP contribution >= 0.6 is 0 Å². The molecule has 2 aromatic rings. The van der Waals surface area contributed by atoms with Crippen molar-refractivity contribution < 1.29 is 29.0 Å². The van der Waals surface area contributed by atoms with Gasteiger partial charge in [-0.3, -0.25) is 4.79 Å². The molecule has 0 saturated carbocycles. The smallest absolute Gasteiger partial charge is 0.339 e. The molecule has 1 unspecified atom stereocenters. The minimum atomic E-state index is -2.67. The van der Waals surface area contributed by atoms with Crippen molar-refractivity contribution >= 4 is 17.9 Å². The standard InChI is InChI=1S/C20H22N2O6/c21-11-16(17(23)27-12-14-7-3-1-4-8-14)20(22,18(24)25)19(26)28-13-15-9-5-2-6-10-15/h1-10,16H,11-13,21-22H2,(H,24,25)/t16?,20-/m0/s1. The van der Waals surface area contributed by atoms with E-state index >= 15 is 0 Å². The first-order chi connectivity index (χ1) is 13.4. The maximum Gasteiger partial charge on any atom is 0.339 e. The SMILES string of the molecule is NCC(C(=O)OCc1ccccc1)[C@](N)(C(=O)O)C(=O)OCc1ccccc1. The van der Waals surface area contributed by atoms with Crippen LogP contribution in [0, 0.1) is 5.92 Å². The van der Waals surface area contributed by atoms with E-state index < -0.39 is 35.9 Å². The Morgan fingerprint density at radius 3 is 1.79 bits per heavy atom. The van der Waals surface area contributed by atoms with Gasteiger partial charge < -0.3 is 26.0 Å². The van der Waals surface area contributed by atoms with E-state index in [2.05, 4.69) is 0 Å². The Morgan fingerprint density at radius 2 is 1.36 bits per heavy atom. The number of hydrogen-bond acceptors (Lipinski definition) is 7. The fraction of sp³-hybridized carbons (Fsp3) is 0.250. The molecule has 0 heterocycles. The number of carbonyl (C=O) groups is 3. The second-order valence-electron chi connectivity index (χ2n) is 6.12. The van der Waals surface area contributed by atoms with Crippen molar-refractivity contribution in [2.75, 3.05) is 6.54 Å². The maximum absolute atomic E-state index is 12.5. The fourth-order valence-electron chi connectivity index (χ4n) is 2.52. The average molecular weight is 386 g/mol. The molecule has 0 spiro atoms. The molecule has 0 fully saturated rings. The molecular weight excluding hydrogens is 364 g/mol. The molecule has 0 bridgehead atoms. The molecule has 0 amide bonds. The molecule has 148 valence electrons. The van der Waals surface area contributed by atoms with Gasteiger partial charge in [0.2, 0.25) is 5.54 Å². The number of hydrogen-bond donors (Lipinski definition) is 3. The first-order valence-electron chi connectivity index (χ1n) is 8.53. The maximum atomic E-state index is 12.5. The summed E-state index contributed by atoms with van der Waals surface area (Å²) >= 11 is 0. The van der Waals surface area contributed by atoms with E-state index in [-0.39, 0.29) is 13.2 Å². The molecule has 28 heavy (non-hydrogen) atoms. The lowest BCUT2D eigenvalue weighted by Gasteiger charge is -2.29. The molecule has 0 aliphatic heterocycles. The van der Waals surface area contributed by atoms with Gasteiger partial charge in [-0.05, 0) is 11.1 Å². The van der Waals surface area contributed by atoms with E-state index in [4.69, 9.17) is 20.9 Å². The summed E-state index contributed by atoms with van der Waals surface area (Å²) < 4.78 is 10.2. The van der Waals surface area contributed by atoms with Gasteiger partial charge in [-0.25, -0.2) is 9.59 Å². The number of carbonyl (C=O) groups excluding carboxylic acids is 2. The predicted octanol–water partition coefficient (Wildman–Crippen LogP) is 0.830. The van der Waals surface area contributed by atoms with Gasteiger partial charge in [0, 0.05) is 6.54 Å². The summed E-state index contributed by atoms with van der Waals surface area (Å²) in [7, 11) is 0. The predicted molar refractivity (Wildman–Crippen MR) is 99.6 cm³/mol. The summed E-state index contributed by atoms with van der Waals surface area (Å²) in [6, 6.07) is 17.4. The van der Waals surface area contributed by atoms with Crippen LogP contribution in [-0.2, 0) is 37.1 Å². The van der Waals surface area contributed by atoms with E-state index in [0.29, 0.717) is 11.1 Å². The monoisotopic (exact) mass is 386 g/mol. The highest BCUT2D eigenvalue weighted by Crippen LogP contribution is 2.20. The number of rotatable bonds is 9. The van der Waals surface area contributed by atoms with Gasteiger partial charge in [0.1, 0.15) is 19.1 Å². The molecule has 2 aromatic carbocycles. The third-order valence-electron chi connectivity index (χ3n) is 4.20. The second kappa shape index (κ2) is 9.63. The molecule has 8 nitrogen and oxygen atoms in total. The Labute approximate surface area is 162 Å². The highest BCUT2D eigenvalue weighted by Gasteiger charge is 2.54. The van der Waals surface area contributed by atoms with Crippen LogP contribution in [0.2, 0.25) is 0 Å². The zero-order valence-electron chi connectivity index (χ0n) is 15.1. The molecule has 0 aliphatic rings. The Kier molecular flexibility index (Phi) is 7.25. The molecule has 5 N–H and O–H groups in total. The molecule has 8 heteroatoms. The van der Waals surface area contributed by atoms with E-state index in [1.165, 1.54) is 0 Å². The summed E-state index contributed by atoms with van der Waals surface area (Å²) in [5, 5.41) is 9.55. The summed E-state index contributed by atoms with van der Waals surface area (Å²) in [5.41, 5.74) is 10.0. The van der Waals surface area contributed by atoms with Crippen molar-refractivity contribution in [3.05, 3.63) is 71.8 Å². The Morgan fingerprint density at radius 1 is 0.893 bits per heavy atom. The minimum absolute atomic E-state index is 0.106. The summed E-state index contributed by atoms with van der Waals surface area (Å²) in [6.45, 7) is -0.802. The number of carboxylic acids is 1. The van der Waals surface area contributed by atoms with Crippen molar-refractivity contribution in [3.8, 4) is 0 Å². The average Bonchev–Trinajstić information content (AvgIpc) is 2.72. The van der Waals surface area contributed by atoms with Crippen LogP contribution < -0.4 is 11.5 Å². The summed E-state index contributed by atoms with van der Waals surface area (Å²) in [5.74, 6) is -5.60. The van der Waals surface area contributed by atoms with Crippen molar-refractivity contribution in [3.63, 3.8) is 0 Å². The topological polar surface area (TPSA) is 142 Å². The van der Waals surface area contributed by atoms with Crippen LogP contribution in [0.4, 0.5) is 0 Å². The molecular formula is C20H22N2O6. The van der Waals surface area contributed by atoms with Gasteiger partial charge in [-0.15, -0.1) is 0 Å². The van der Waals surface area contributed by atoms with Gasteiger partial charge in [0.05, 0.1) is 0 Å². The number of aliphatic carboxylic acids is 1. The second-order valence-corrected chi connectivity index (χ2v) is 6.12. The van der Waals surface area contributed by atoms with Crippen LogP contribution in [0.25, 0.3) is 0 Å². The number of ether oxygens (including phenoxy) is 2. The molecule has 0 radical (unpaired) electrons. The summed E-state index contributed by atoms with van der Waals surface area (Å²) in [4.78, 5) is 36.7. The molecule has 0 saturated heterocycles. The van der Waals surface area contributed by atoms with E-state index in [1.54, 1.807) is 60.7 Å². The Balaban J connectivity index is 2.11. The lowest BCUT2D eigenvalue weighted by Crippen LogP contribution is -2.64. The quantitative estimate of drug-likeness (QED) is 0.425. The first kappa shape index (κ1) is 21.1. The zero-order valence-corrected chi connectivity index (χ0v) is 15.1. The van der Waals surface area contributed by atoms with Crippen LogP contribution in [0.5, 0.6) is 0 Å². The van der Waals surface area contributed by atoms with Gasteiger partial charge >= 0.3 is 17.9 Å². The van der Waals surface area contributed by atoms with Crippen molar-refractivity contribution in [1.82, 2.24) is 0 Å². The van der Waals surface area contributed by atoms with Gasteiger partial charge in [0.15, 0.2) is 0 Å². The highest BCUT2D eigenvalue weighted by atomic mass is 16.5. The number of nitrogens with two attached hydrogens (primary N) is 2. The van der Waals surface area contributed by atoms with Crippen molar-refractivity contribution in [1.29, 1.82) is 0 Å². The van der Waals surface area contributed by atoms with Crippen molar-refractivity contribution in [2.24, 2.45) is 17.4 Å². The Hall–Kier alpha value is -3.23. The first-order valence-corrected chi connectivity index (χ1v) is 8.53. The van der Waals surface area contributed by atoms with Gasteiger partial charge in [-0.2, -0.15) is 0 Å². The van der Waals surface area contributed by atoms with Crippen molar-refractivity contribution in [2.45, 2.75) is 18.8 Å². The van der Waals surface area contributed by atoms with Crippen LogP contribution in [0.3, 0.4) is 0 Å². The highest BCUT2D eigenvalue weighted by molar-refractivity contribution is 6.07. The fourth-order valence-corrected chi connectivity index (χ4v) is 2.52. The normalized spacial score (nSPS) is 13.8. The van der Waals surface area contributed by atoms with Gasteiger partial charge in [-0.1, -0.05) is 60.7 Å². The number of esters is 2. The lowest BCUT2D eigenvalue weighted by molar-refractivity contribution is -0.172. The minimum Gasteiger partial charge on any atom is -0.479 e. The summed E-state index contributed by atoms with van der Waals surface area (Å²) in [6.07, 6.45) is 0.